The standard InChI is InChI=1S/C11H17BrN4O/c1-2-13-11-14-7-9(12)10(16-11)15-8-3-5-17-6-4-8/h7-8H,2-6H2,1H3,(H2,13,14,15,16). The predicted molar refractivity (Wildman–Crippen MR) is 71.4 cm³/mol. The van der Waals surface area contributed by atoms with Gasteiger partial charge in [0.2, 0.25) is 5.95 Å². The molecule has 0 radical (unpaired) electrons. The van der Waals surface area contributed by atoms with E-state index in [4.69, 9.17) is 4.74 Å². The Morgan fingerprint density at radius 3 is 2.94 bits per heavy atom. The molecular formula is C11H17BrN4O. The molecule has 1 fully saturated rings. The Hall–Kier alpha value is -0.880. The average Bonchev–Trinajstić information content (AvgIpc) is 2.35. The first kappa shape index (κ1) is 12.6. The van der Waals surface area contributed by atoms with Crippen molar-refractivity contribution in [3.05, 3.63) is 10.7 Å². The highest BCUT2D eigenvalue weighted by atomic mass is 79.9. The molecule has 0 aromatic carbocycles. The van der Waals surface area contributed by atoms with Crippen LogP contribution in [0.25, 0.3) is 0 Å². The zero-order valence-electron chi connectivity index (χ0n) is 9.87. The van der Waals surface area contributed by atoms with Crippen LogP contribution in [0.1, 0.15) is 19.8 Å². The van der Waals surface area contributed by atoms with Crippen molar-refractivity contribution in [2.45, 2.75) is 25.8 Å². The molecule has 2 rings (SSSR count). The van der Waals surface area contributed by atoms with Crippen LogP contribution in [0.15, 0.2) is 10.7 Å². The second-order valence-electron chi connectivity index (χ2n) is 3.95. The van der Waals surface area contributed by atoms with Crippen molar-refractivity contribution in [2.24, 2.45) is 0 Å². The fourth-order valence-electron chi connectivity index (χ4n) is 1.75. The van der Waals surface area contributed by atoms with Crippen LogP contribution in [-0.4, -0.2) is 35.8 Å². The lowest BCUT2D eigenvalue weighted by Gasteiger charge is -2.24. The van der Waals surface area contributed by atoms with Gasteiger partial charge in [0.05, 0.1) is 4.47 Å². The van der Waals surface area contributed by atoms with Crippen molar-refractivity contribution >= 4 is 27.7 Å². The number of ether oxygens (including phenoxy) is 1. The van der Waals surface area contributed by atoms with Crippen LogP contribution in [0, 0.1) is 0 Å². The van der Waals surface area contributed by atoms with E-state index in [-0.39, 0.29) is 0 Å². The van der Waals surface area contributed by atoms with Crippen LogP contribution in [0.5, 0.6) is 0 Å². The molecule has 5 nitrogen and oxygen atoms in total. The molecule has 0 bridgehead atoms. The van der Waals surface area contributed by atoms with Crippen molar-refractivity contribution < 1.29 is 4.74 Å². The minimum absolute atomic E-state index is 0.435. The molecule has 1 aliphatic heterocycles. The van der Waals surface area contributed by atoms with Crippen molar-refractivity contribution in [1.82, 2.24) is 9.97 Å². The zero-order chi connectivity index (χ0) is 12.1. The maximum atomic E-state index is 5.33. The number of nitrogens with zero attached hydrogens (tertiary/aromatic N) is 2. The minimum atomic E-state index is 0.435. The molecule has 2 N–H and O–H groups in total. The molecule has 0 saturated carbocycles. The molecule has 1 saturated heterocycles. The summed E-state index contributed by atoms with van der Waals surface area (Å²) in [5, 5.41) is 6.53. The highest BCUT2D eigenvalue weighted by Crippen LogP contribution is 2.22. The Morgan fingerprint density at radius 1 is 1.47 bits per heavy atom. The number of halogens is 1. The summed E-state index contributed by atoms with van der Waals surface area (Å²) >= 11 is 3.46. The van der Waals surface area contributed by atoms with Crippen LogP contribution >= 0.6 is 15.9 Å². The largest absolute Gasteiger partial charge is 0.381 e. The Bertz CT molecular complexity index is 368. The normalized spacial score (nSPS) is 16.8. The lowest BCUT2D eigenvalue weighted by atomic mass is 10.1. The third-order valence-corrected chi connectivity index (χ3v) is 3.22. The number of aromatic nitrogens is 2. The number of rotatable bonds is 4. The summed E-state index contributed by atoms with van der Waals surface area (Å²) in [5.41, 5.74) is 0. The van der Waals surface area contributed by atoms with Gasteiger partial charge in [-0.15, -0.1) is 0 Å². The lowest BCUT2D eigenvalue weighted by molar-refractivity contribution is 0.0904. The van der Waals surface area contributed by atoms with Crippen LogP contribution in [0.2, 0.25) is 0 Å². The van der Waals surface area contributed by atoms with E-state index in [1.54, 1.807) is 6.20 Å². The van der Waals surface area contributed by atoms with E-state index in [1.165, 1.54) is 0 Å². The molecule has 0 aliphatic carbocycles. The number of hydrogen-bond acceptors (Lipinski definition) is 5. The van der Waals surface area contributed by atoms with E-state index < -0.39 is 0 Å². The van der Waals surface area contributed by atoms with Crippen molar-refractivity contribution in [3.63, 3.8) is 0 Å². The Kier molecular flexibility index (Phi) is 4.56. The molecule has 2 heterocycles. The molecule has 6 heteroatoms. The summed E-state index contributed by atoms with van der Waals surface area (Å²) in [6.07, 6.45) is 3.81. The zero-order valence-corrected chi connectivity index (χ0v) is 11.5. The predicted octanol–water partition coefficient (Wildman–Crippen LogP) is 2.26. The first-order valence-corrected chi connectivity index (χ1v) is 6.69. The quantitative estimate of drug-likeness (QED) is 0.893. The number of anilines is 2. The van der Waals surface area contributed by atoms with E-state index in [0.29, 0.717) is 12.0 Å². The summed E-state index contributed by atoms with van der Waals surface area (Å²) in [6, 6.07) is 0.435. The molecular weight excluding hydrogens is 284 g/mol. The van der Waals surface area contributed by atoms with Gasteiger partial charge in [0, 0.05) is 32.0 Å². The van der Waals surface area contributed by atoms with Gasteiger partial charge >= 0.3 is 0 Å². The van der Waals surface area contributed by atoms with Gasteiger partial charge in [-0.1, -0.05) is 0 Å². The summed E-state index contributed by atoms with van der Waals surface area (Å²) in [6.45, 7) is 4.48. The van der Waals surface area contributed by atoms with Gasteiger partial charge < -0.3 is 15.4 Å². The molecule has 0 spiro atoms. The second kappa shape index (κ2) is 6.16. The Balaban J connectivity index is 2.04. The van der Waals surface area contributed by atoms with Gasteiger partial charge in [0.15, 0.2) is 0 Å². The highest BCUT2D eigenvalue weighted by molar-refractivity contribution is 9.10. The molecule has 1 aromatic heterocycles. The summed E-state index contributed by atoms with van der Waals surface area (Å²) in [7, 11) is 0. The average molecular weight is 301 g/mol. The summed E-state index contributed by atoms with van der Waals surface area (Å²) in [4.78, 5) is 8.62. The summed E-state index contributed by atoms with van der Waals surface area (Å²) in [5.74, 6) is 1.51. The molecule has 94 valence electrons. The van der Waals surface area contributed by atoms with Crippen LogP contribution < -0.4 is 10.6 Å². The summed E-state index contributed by atoms with van der Waals surface area (Å²) < 4.78 is 6.23. The smallest absolute Gasteiger partial charge is 0.224 e. The minimum Gasteiger partial charge on any atom is -0.381 e. The van der Waals surface area contributed by atoms with Crippen LogP contribution in [0.3, 0.4) is 0 Å². The van der Waals surface area contributed by atoms with E-state index in [1.807, 2.05) is 6.92 Å². The molecule has 1 aliphatic rings. The third kappa shape index (κ3) is 3.54. The first-order valence-electron chi connectivity index (χ1n) is 5.90. The van der Waals surface area contributed by atoms with E-state index in [0.717, 1.165) is 42.9 Å². The van der Waals surface area contributed by atoms with Crippen molar-refractivity contribution in [3.8, 4) is 0 Å². The maximum Gasteiger partial charge on any atom is 0.224 e. The van der Waals surface area contributed by atoms with Crippen LogP contribution in [-0.2, 0) is 4.74 Å². The lowest BCUT2D eigenvalue weighted by Crippen LogP contribution is -2.28. The molecule has 1 aromatic rings. The molecule has 0 amide bonds. The highest BCUT2D eigenvalue weighted by Gasteiger charge is 2.15. The third-order valence-electron chi connectivity index (χ3n) is 2.64. The second-order valence-corrected chi connectivity index (χ2v) is 4.81. The van der Waals surface area contributed by atoms with Gasteiger partial charge in [0.25, 0.3) is 0 Å². The Labute approximate surface area is 110 Å². The van der Waals surface area contributed by atoms with E-state index in [2.05, 4.69) is 36.5 Å². The van der Waals surface area contributed by atoms with Crippen LogP contribution in [0.4, 0.5) is 11.8 Å². The molecule has 17 heavy (non-hydrogen) atoms. The van der Waals surface area contributed by atoms with Crippen molar-refractivity contribution in [1.29, 1.82) is 0 Å². The van der Waals surface area contributed by atoms with Gasteiger partial charge in [-0.3, -0.25) is 0 Å². The number of hydrogen-bond donors (Lipinski definition) is 2. The first-order chi connectivity index (χ1) is 8.29. The van der Waals surface area contributed by atoms with Crippen molar-refractivity contribution in [2.75, 3.05) is 30.4 Å². The van der Waals surface area contributed by atoms with E-state index in [9.17, 15) is 0 Å². The maximum absolute atomic E-state index is 5.33. The molecule has 0 unspecified atom stereocenters. The fourth-order valence-corrected chi connectivity index (χ4v) is 2.05. The van der Waals surface area contributed by atoms with Gasteiger partial charge in [0.1, 0.15) is 5.82 Å². The number of nitrogens with one attached hydrogen (secondary N) is 2. The topological polar surface area (TPSA) is 59.1 Å². The fraction of sp³-hybridized carbons (Fsp3) is 0.636. The van der Waals surface area contributed by atoms with E-state index >= 15 is 0 Å². The van der Waals surface area contributed by atoms with Gasteiger partial charge in [-0.2, -0.15) is 4.98 Å². The Morgan fingerprint density at radius 2 is 2.24 bits per heavy atom. The SMILES string of the molecule is CCNc1ncc(Br)c(NC2CCOCC2)n1. The van der Waals surface area contributed by atoms with Gasteiger partial charge in [-0.25, -0.2) is 4.98 Å². The van der Waals surface area contributed by atoms with Gasteiger partial charge in [-0.05, 0) is 35.7 Å². The monoisotopic (exact) mass is 300 g/mol. The molecule has 0 atom stereocenters.